The molecule has 0 fully saturated rings. The van der Waals surface area contributed by atoms with Crippen LogP contribution in [0.15, 0.2) is 40.8 Å². The van der Waals surface area contributed by atoms with E-state index in [1.807, 2.05) is 25.1 Å². The molecule has 1 aromatic heterocycles. The van der Waals surface area contributed by atoms with Crippen molar-refractivity contribution in [2.75, 3.05) is 0 Å². The van der Waals surface area contributed by atoms with E-state index in [4.69, 9.17) is 14.4 Å². The number of ether oxygens (including phenoxy) is 1. The van der Waals surface area contributed by atoms with E-state index in [0.29, 0.717) is 17.9 Å². The van der Waals surface area contributed by atoms with Gasteiger partial charge >= 0.3 is 0 Å². The van der Waals surface area contributed by atoms with Crippen molar-refractivity contribution >= 4 is 0 Å². The van der Waals surface area contributed by atoms with Gasteiger partial charge in [0.15, 0.2) is 0 Å². The third-order valence-electron chi connectivity index (χ3n) is 2.14. The van der Waals surface area contributed by atoms with Gasteiger partial charge in [-0.25, -0.2) is 0 Å². The Morgan fingerprint density at radius 2 is 2.19 bits per heavy atom. The molecule has 0 unspecified atom stereocenters. The predicted molar refractivity (Wildman–Crippen MR) is 58.9 cm³/mol. The van der Waals surface area contributed by atoms with Crippen LogP contribution in [-0.2, 0) is 6.61 Å². The number of aryl methyl sites for hydroxylation is 1. The molecule has 80 valence electrons. The largest absolute Gasteiger partial charge is 0.486 e. The number of benzene rings is 1. The van der Waals surface area contributed by atoms with E-state index in [9.17, 15) is 0 Å². The molecule has 2 aromatic rings. The first-order valence-electron chi connectivity index (χ1n) is 4.96. The molecule has 0 N–H and O–H groups in total. The van der Waals surface area contributed by atoms with E-state index in [1.54, 1.807) is 18.2 Å². The number of rotatable bonds is 3. The van der Waals surface area contributed by atoms with Gasteiger partial charge in [0, 0.05) is 0 Å². The summed E-state index contributed by atoms with van der Waals surface area (Å²) in [6, 6.07) is 12.9. The Hall–Kier alpha value is -2.21. The summed E-state index contributed by atoms with van der Waals surface area (Å²) in [5, 5.41) is 8.73. The average Bonchev–Trinajstić information content (AvgIpc) is 2.73. The van der Waals surface area contributed by atoms with Crippen molar-refractivity contribution in [1.82, 2.24) is 0 Å². The second-order valence-corrected chi connectivity index (χ2v) is 3.44. The molecule has 0 saturated carbocycles. The highest BCUT2D eigenvalue weighted by atomic mass is 16.5. The predicted octanol–water partition coefficient (Wildman–Crippen LogP) is 3.04. The van der Waals surface area contributed by atoms with Crippen LogP contribution in [0.3, 0.4) is 0 Å². The molecule has 1 heterocycles. The van der Waals surface area contributed by atoms with Crippen LogP contribution in [0.5, 0.6) is 5.75 Å². The third-order valence-corrected chi connectivity index (χ3v) is 2.14. The Morgan fingerprint density at radius 1 is 1.31 bits per heavy atom. The van der Waals surface area contributed by atoms with Crippen molar-refractivity contribution in [1.29, 1.82) is 5.26 Å². The highest BCUT2D eigenvalue weighted by molar-refractivity contribution is 5.36. The molecule has 0 atom stereocenters. The van der Waals surface area contributed by atoms with Crippen LogP contribution < -0.4 is 4.74 Å². The fourth-order valence-corrected chi connectivity index (χ4v) is 1.37. The van der Waals surface area contributed by atoms with Crippen LogP contribution in [0.4, 0.5) is 0 Å². The van der Waals surface area contributed by atoms with Crippen molar-refractivity contribution < 1.29 is 9.15 Å². The van der Waals surface area contributed by atoms with E-state index < -0.39 is 0 Å². The molecule has 0 amide bonds. The van der Waals surface area contributed by atoms with E-state index in [1.165, 1.54) is 0 Å². The number of furan rings is 1. The molecule has 3 heteroatoms. The van der Waals surface area contributed by atoms with Crippen molar-refractivity contribution in [3.8, 4) is 11.8 Å². The Balaban J connectivity index is 2.02. The van der Waals surface area contributed by atoms with E-state index >= 15 is 0 Å². The second-order valence-electron chi connectivity index (χ2n) is 3.44. The quantitative estimate of drug-likeness (QED) is 0.787. The molecule has 0 bridgehead atoms. The van der Waals surface area contributed by atoms with Gasteiger partial charge in [0.1, 0.15) is 23.9 Å². The lowest BCUT2D eigenvalue weighted by Gasteiger charge is -2.03. The summed E-state index contributed by atoms with van der Waals surface area (Å²) >= 11 is 0. The van der Waals surface area contributed by atoms with E-state index in [2.05, 4.69) is 6.07 Å². The summed E-state index contributed by atoms with van der Waals surface area (Å²) < 4.78 is 10.9. The first kappa shape index (κ1) is 10.3. The number of nitriles is 1. The topological polar surface area (TPSA) is 46.2 Å². The molecule has 16 heavy (non-hydrogen) atoms. The maximum atomic E-state index is 8.73. The van der Waals surface area contributed by atoms with E-state index in [0.717, 1.165) is 11.5 Å². The molecule has 0 radical (unpaired) electrons. The van der Waals surface area contributed by atoms with Gasteiger partial charge in [-0.2, -0.15) is 5.26 Å². The smallest absolute Gasteiger partial charge is 0.146 e. The highest BCUT2D eigenvalue weighted by Gasteiger charge is 2.00. The summed E-state index contributed by atoms with van der Waals surface area (Å²) in [5.74, 6) is 2.32. The molecule has 0 aliphatic carbocycles. The van der Waals surface area contributed by atoms with Crippen LogP contribution in [-0.4, -0.2) is 0 Å². The lowest BCUT2D eigenvalue weighted by atomic mass is 10.2. The van der Waals surface area contributed by atoms with Gasteiger partial charge in [0.05, 0.1) is 11.6 Å². The summed E-state index contributed by atoms with van der Waals surface area (Å²) in [7, 11) is 0. The summed E-state index contributed by atoms with van der Waals surface area (Å²) in [6.07, 6.45) is 0. The zero-order valence-electron chi connectivity index (χ0n) is 8.93. The number of nitrogens with zero attached hydrogens (tertiary/aromatic N) is 1. The normalized spacial score (nSPS) is 9.75. The minimum atomic E-state index is 0.378. The Bertz CT molecular complexity index is 523. The lowest BCUT2D eigenvalue weighted by molar-refractivity contribution is 0.267. The number of hydrogen-bond acceptors (Lipinski definition) is 3. The fraction of sp³-hybridized carbons (Fsp3) is 0.154. The van der Waals surface area contributed by atoms with Crippen LogP contribution in [0.1, 0.15) is 17.1 Å². The average molecular weight is 213 g/mol. The van der Waals surface area contributed by atoms with Crippen LogP contribution in [0.2, 0.25) is 0 Å². The maximum Gasteiger partial charge on any atom is 0.146 e. The molecule has 0 aliphatic rings. The van der Waals surface area contributed by atoms with Crippen molar-refractivity contribution in [3.05, 3.63) is 53.5 Å². The minimum Gasteiger partial charge on any atom is -0.486 e. The molecule has 3 nitrogen and oxygen atoms in total. The zero-order valence-corrected chi connectivity index (χ0v) is 8.93. The molecular weight excluding hydrogens is 202 g/mol. The third kappa shape index (κ3) is 2.43. The molecule has 0 spiro atoms. The Kier molecular flexibility index (Phi) is 2.93. The Labute approximate surface area is 93.9 Å². The van der Waals surface area contributed by atoms with Crippen LogP contribution in [0, 0.1) is 18.3 Å². The molecule has 0 saturated heterocycles. The van der Waals surface area contributed by atoms with Gasteiger partial charge in [-0.3, -0.25) is 0 Å². The zero-order chi connectivity index (χ0) is 11.4. The minimum absolute atomic E-state index is 0.378. The SMILES string of the molecule is Cc1ccc(COc2cccc(C#N)c2)o1. The first-order valence-corrected chi connectivity index (χ1v) is 4.96. The summed E-state index contributed by atoms with van der Waals surface area (Å²) in [6.45, 7) is 2.27. The fourth-order valence-electron chi connectivity index (χ4n) is 1.37. The van der Waals surface area contributed by atoms with Crippen molar-refractivity contribution in [2.24, 2.45) is 0 Å². The second kappa shape index (κ2) is 4.54. The van der Waals surface area contributed by atoms with E-state index in [-0.39, 0.29) is 0 Å². The number of hydrogen-bond donors (Lipinski definition) is 0. The van der Waals surface area contributed by atoms with Gasteiger partial charge in [-0.1, -0.05) is 6.07 Å². The summed E-state index contributed by atoms with van der Waals surface area (Å²) in [4.78, 5) is 0. The van der Waals surface area contributed by atoms with Crippen molar-refractivity contribution in [3.63, 3.8) is 0 Å². The maximum absolute atomic E-state index is 8.73. The van der Waals surface area contributed by atoms with Gasteiger partial charge in [0.2, 0.25) is 0 Å². The Morgan fingerprint density at radius 3 is 2.88 bits per heavy atom. The van der Waals surface area contributed by atoms with Crippen molar-refractivity contribution in [2.45, 2.75) is 13.5 Å². The van der Waals surface area contributed by atoms with Gasteiger partial charge < -0.3 is 9.15 Å². The highest BCUT2D eigenvalue weighted by Crippen LogP contribution is 2.15. The first-order chi connectivity index (χ1) is 7.78. The monoisotopic (exact) mass is 213 g/mol. The lowest BCUT2D eigenvalue weighted by Crippen LogP contribution is -1.93. The molecular formula is C13H11NO2. The van der Waals surface area contributed by atoms with Gasteiger partial charge in [0.25, 0.3) is 0 Å². The molecule has 1 aromatic carbocycles. The molecule has 2 rings (SSSR count). The van der Waals surface area contributed by atoms with Gasteiger partial charge in [-0.05, 0) is 37.3 Å². The van der Waals surface area contributed by atoms with Crippen LogP contribution in [0.25, 0.3) is 0 Å². The standard InChI is InChI=1S/C13H11NO2/c1-10-5-6-13(16-10)9-15-12-4-2-3-11(7-12)8-14/h2-7H,9H2,1H3. The van der Waals surface area contributed by atoms with Gasteiger partial charge in [-0.15, -0.1) is 0 Å². The van der Waals surface area contributed by atoms with Crippen LogP contribution >= 0.6 is 0 Å². The molecule has 0 aliphatic heterocycles. The summed E-state index contributed by atoms with van der Waals surface area (Å²) in [5.41, 5.74) is 0.591.